The summed E-state index contributed by atoms with van der Waals surface area (Å²) in [6.07, 6.45) is -0.528. The number of ether oxygens (including phenoxy) is 1. The highest BCUT2D eigenvalue weighted by molar-refractivity contribution is 9.10. The maximum absolute atomic E-state index is 11.7. The Hall–Kier alpha value is -1.97. The van der Waals surface area contributed by atoms with Gasteiger partial charge in [0.15, 0.2) is 0 Å². The van der Waals surface area contributed by atoms with Crippen LogP contribution >= 0.6 is 27.7 Å². The second-order valence-corrected chi connectivity index (χ2v) is 5.73. The van der Waals surface area contributed by atoms with Gasteiger partial charge in [0.2, 0.25) is 0 Å². The Morgan fingerprint density at radius 1 is 1.29 bits per heavy atom. The Kier molecular flexibility index (Phi) is 5.67. The van der Waals surface area contributed by atoms with Gasteiger partial charge in [0.25, 0.3) is 0 Å². The summed E-state index contributed by atoms with van der Waals surface area (Å²) < 4.78 is 5.83. The molecule has 1 amide bonds. The largest absolute Gasteiger partial charge is 0.444 e. The molecule has 4 nitrogen and oxygen atoms in total. The molecule has 2 rings (SSSR count). The third-order valence-electron chi connectivity index (χ3n) is 2.55. The number of halogens is 1. The number of thioether (sulfide) groups is 1. The third-order valence-corrected chi connectivity index (χ3v) is 3.79. The van der Waals surface area contributed by atoms with Crippen molar-refractivity contribution in [1.29, 1.82) is 5.26 Å². The first-order chi connectivity index (χ1) is 10.2. The van der Waals surface area contributed by atoms with Crippen molar-refractivity contribution in [3.63, 3.8) is 0 Å². The van der Waals surface area contributed by atoms with Crippen molar-refractivity contribution in [2.75, 3.05) is 5.32 Å². The lowest BCUT2D eigenvalue weighted by atomic mass is 10.2. The van der Waals surface area contributed by atoms with E-state index in [-0.39, 0.29) is 6.61 Å². The standard InChI is InChI=1S/C15H11BrN2O2S/c16-13-8-12(21-10-17)6-7-14(13)18-15(19)20-9-11-4-2-1-3-5-11/h1-8H,9H2,(H,18,19). The number of nitriles is 1. The van der Waals surface area contributed by atoms with Gasteiger partial charge in [-0.2, -0.15) is 5.26 Å². The number of anilines is 1. The van der Waals surface area contributed by atoms with E-state index in [0.717, 1.165) is 22.2 Å². The van der Waals surface area contributed by atoms with Crippen molar-refractivity contribution in [3.8, 4) is 5.40 Å². The number of thiocyanates is 1. The normalized spacial score (nSPS) is 9.71. The van der Waals surface area contributed by atoms with Gasteiger partial charge in [-0.1, -0.05) is 30.3 Å². The number of hydrogen-bond donors (Lipinski definition) is 1. The minimum Gasteiger partial charge on any atom is -0.444 e. The zero-order chi connectivity index (χ0) is 15.1. The molecule has 0 fully saturated rings. The lowest BCUT2D eigenvalue weighted by Gasteiger charge is -2.09. The molecule has 2 aromatic carbocycles. The molecule has 0 unspecified atom stereocenters. The summed E-state index contributed by atoms with van der Waals surface area (Å²) in [6, 6.07) is 14.7. The maximum Gasteiger partial charge on any atom is 0.411 e. The average molecular weight is 363 g/mol. The van der Waals surface area contributed by atoms with Crippen molar-refractivity contribution in [3.05, 3.63) is 58.6 Å². The molecule has 0 aromatic heterocycles. The van der Waals surface area contributed by atoms with Crippen LogP contribution in [0, 0.1) is 10.7 Å². The minimum absolute atomic E-state index is 0.215. The summed E-state index contributed by atoms with van der Waals surface area (Å²) in [5.41, 5.74) is 1.52. The maximum atomic E-state index is 11.7. The molecule has 0 spiro atoms. The van der Waals surface area contributed by atoms with E-state index in [0.29, 0.717) is 10.2 Å². The molecule has 0 saturated carbocycles. The quantitative estimate of drug-likeness (QED) is 0.628. The van der Waals surface area contributed by atoms with E-state index in [4.69, 9.17) is 10.00 Å². The van der Waals surface area contributed by atoms with Gasteiger partial charge in [-0.15, -0.1) is 0 Å². The topological polar surface area (TPSA) is 62.1 Å². The van der Waals surface area contributed by atoms with Crippen LogP contribution in [0.25, 0.3) is 0 Å². The lowest BCUT2D eigenvalue weighted by Crippen LogP contribution is -2.13. The highest BCUT2D eigenvalue weighted by Gasteiger charge is 2.07. The Morgan fingerprint density at radius 2 is 2.05 bits per heavy atom. The van der Waals surface area contributed by atoms with Crippen molar-refractivity contribution in [1.82, 2.24) is 0 Å². The van der Waals surface area contributed by atoms with E-state index in [2.05, 4.69) is 21.2 Å². The van der Waals surface area contributed by atoms with E-state index in [9.17, 15) is 4.79 Å². The minimum atomic E-state index is -0.528. The lowest BCUT2D eigenvalue weighted by molar-refractivity contribution is 0.155. The Balaban J connectivity index is 1.92. The highest BCUT2D eigenvalue weighted by Crippen LogP contribution is 2.28. The third kappa shape index (κ3) is 4.81. The molecular weight excluding hydrogens is 352 g/mol. The van der Waals surface area contributed by atoms with Gasteiger partial charge < -0.3 is 4.74 Å². The number of carbonyl (C=O) groups is 1. The molecule has 106 valence electrons. The summed E-state index contributed by atoms with van der Waals surface area (Å²) in [4.78, 5) is 12.5. The molecule has 21 heavy (non-hydrogen) atoms. The highest BCUT2D eigenvalue weighted by atomic mass is 79.9. The molecule has 0 aliphatic carbocycles. The van der Waals surface area contributed by atoms with E-state index in [1.807, 2.05) is 35.7 Å². The monoisotopic (exact) mass is 362 g/mol. The Labute approximate surface area is 135 Å². The van der Waals surface area contributed by atoms with Crippen molar-refractivity contribution < 1.29 is 9.53 Å². The Bertz CT molecular complexity index is 671. The van der Waals surface area contributed by atoms with E-state index < -0.39 is 6.09 Å². The molecule has 2 aromatic rings. The molecule has 1 N–H and O–H groups in total. The number of nitrogens with one attached hydrogen (secondary N) is 1. The van der Waals surface area contributed by atoms with Gasteiger partial charge in [0.1, 0.15) is 12.0 Å². The summed E-state index contributed by atoms with van der Waals surface area (Å²) in [7, 11) is 0. The molecule has 0 radical (unpaired) electrons. The number of hydrogen-bond acceptors (Lipinski definition) is 4. The first-order valence-corrected chi connectivity index (χ1v) is 7.63. The van der Waals surface area contributed by atoms with Crippen LogP contribution < -0.4 is 5.32 Å². The summed E-state index contributed by atoms with van der Waals surface area (Å²) in [5, 5.41) is 13.3. The van der Waals surface area contributed by atoms with Crippen LogP contribution in [-0.4, -0.2) is 6.09 Å². The van der Waals surface area contributed by atoms with Crippen LogP contribution in [0.5, 0.6) is 0 Å². The fourth-order valence-electron chi connectivity index (χ4n) is 1.58. The number of rotatable bonds is 4. The summed E-state index contributed by atoms with van der Waals surface area (Å²) in [6.45, 7) is 0.215. The second-order valence-electron chi connectivity index (χ2n) is 4.02. The predicted octanol–water partition coefficient (Wildman–Crippen LogP) is 4.77. The van der Waals surface area contributed by atoms with Gasteiger partial charge in [-0.05, 0) is 51.5 Å². The first kappa shape index (κ1) is 15.4. The van der Waals surface area contributed by atoms with Crippen molar-refractivity contribution >= 4 is 39.5 Å². The summed E-state index contributed by atoms with van der Waals surface area (Å²) in [5.74, 6) is 0. The number of amides is 1. The summed E-state index contributed by atoms with van der Waals surface area (Å²) >= 11 is 4.40. The molecular formula is C15H11BrN2O2S. The average Bonchev–Trinajstić information content (AvgIpc) is 2.49. The smallest absolute Gasteiger partial charge is 0.411 e. The van der Waals surface area contributed by atoms with Crippen molar-refractivity contribution in [2.45, 2.75) is 11.5 Å². The number of benzene rings is 2. The first-order valence-electron chi connectivity index (χ1n) is 6.02. The fraction of sp³-hybridized carbons (Fsp3) is 0.0667. The molecule has 0 bridgehead atoms. The van der Waals surface area contributed by atoms with Gasteiger partial charge >= 0.3 is 6.09 Å². The van der Waals surface area contributed by atoms with Gasteiger partial charge in [0.05, 0.1) is 5.69 Å². The molecule has 0 aliphatic rings. The molecule has 0 heterocycles. The Morgan fingerprint density at radius 3 is 2.71 bits per heavy atom. The van der Waals surface area contributed by atoms with Crippen LogP contribution in [0.2, 0.25) is 0 Å². The fourth-order valence-corrected chi connectivity index (χ4v) is 2.63. The molecule has 0 saturated heterocycles. The van der Waals surface area contributed by atoms with Crippen LogP contribution in [0.3, 0.4) is 0 Å². The van der Waals surface area contributed by atoms with Crippen molar-refractivity contribution in [2.24, 2.45) is 0 Å². The van der Waals surface area contributed by atoms with Crippen LogP contribution in [0.1, 0.15) is 5.56 Å². The molecule has 0 atom stereocenters. The zero-order valence-electron chi connectivity index (χ0n) is 10.9. The zero-order valence-corrected chi connectivity index (χ0v) is 13.3. The molecule has 6 heteroatoms. The van der Waals surface area contributed by atoms with E-state index in [1.54, 1.807) is 18.2 Å². The van der Waals surface area contributed by atoms with Gasteiger partial charge in [0, 0.05) is 9.37 Å². The van der Waals surface area contributed by atoms with E-state index >= 15 is 0 Å². The van der Waals surface area contributed by atoms with Crippen LogP contribution in [0.15, 0.2) is 57.9 Å². The number of nitrogens with zero attached hydrogens (tertiary/aromatic N) is 1. The van der Waals surface area contributed by atoms with Gasteiger partial charge in [-0.3, -0.25) is 5.32 Å². The molecule has 0 aliphatic heterocycles. The van der Waals surface area contributed by atoms with E-state index in [1.165, 1.54) is 0 Å². The van der Waals surface area contributed by atoms with Crippen LogP contribution in [-0.2, 0) is 11.3 Å². The predicted molar refractivity (Wildman–Crippen MR) is 85.9 cm³/mol. The number of carbonyl (C=O) groups excluding carboxylic acids is 1. The van der Waals surface area contributed by atoms with Crippen LogP contribution in [0.4, 0.5) is 10.5 Å². The SMILES string of the molecule is N#CSc1ccc(NC(=O)OCc2ccccc2)c(Br)c1. The van der Waals surface area contributed by atoms with Gasteiger partial charge in [-0.25, -0.2) is 4.79 Å². The second kappa shape index (κ2) is 7.72.